The fourth-order valence-corrected chi connectivity index (χ4v) is 3.21. The number of amides is 2. The summed E-state index contributed by atoms with van der Waals surface area (Å²) in [7, 11) is 1.13. The van der Waals surface area contributed by atoms with Crippen LogP contribution in [0.1, 0.15) is 42.5 Å². The molecule has 28 heavy (non-hydrogen) atoms. The summed E-state index contributed by atoms with van der Waals surface area (Å²) in [4.78, 5) is 25.5. The third-order valence-corrected chi connectivity index (χ3v) is 4.69. The predicted molar refractivity (Wildman–Crippen MR) is 98.7 cm³/mol. The van der Waals surface area contributed by atoms with Gasteiger partial charge >= 0.3 is 12.3 Å². The standard InChI is InChI=1S/C16H21BrF3N5O3/c1-15(2,3)25-12(9-8-24(14(27)28)6-5-10(9)21-25)13(26)23(4)22-11(7-17)16(18,19)20/h5-8H2,1-4H3,(H,27,28)/b22-11+. The maximum Gasteiger partial charge on any atom is 0.432 e. The fraction of sp³-hybridized carbons (Fsp3) is 0.625. The van der Waals surface area contributed by atoms with Crippen LogP contribution in [0.2, 0.25) is 0 Å². The summed E-state index contributed by atoms with van der Waals surface area (Å²) >= 11 is 2.73. The van der Waals surface area contributed by atoms with Gasteiger partial charge in [-0.1, -0.05) is 15.9 Å². The highest BCUT2D eigenvalue weighted by atomic mass is 79.9. The molecule has 0 saturated heterocycles. The van der Waals surface area contributed by atoms with Crippen molar-refractivity contribution in [3.63, 3.8) is 0 Å². The monoisotopic (exact) mass is 467 g/mol. The van der Waals surface area contributed by atoms with Gasteiger partial charge in [-0.15, -0.1) is 0 Å². The van der Waals surface area contributed by atoms with Crippen LogP contribution in [-0.2, 0) is 18.5 Å². The topological polar surface area (TPSA) is 91.0 Å². The van der Waals surface area contributed by atoms with E-state index < -0.39 is 34.8 Å². The van der Waals surface area contributed by atoms with Gasteiger partial charge in [-0.3, -0.25) is 9.48 Å². The Morgan fingerprint density at radius 3 is 2.39 bits per heavy atom. The summed E-state index contributed by atoms with van der Waals surface area (Å²) in [6.45, 7) is 5.54. The van der Waals surface area contributed by atoms with E-state index in [1.165, 1.54) is 4.68 Å². The second-order valence-electron chi connectivity index (χ2n) is 7.32. The molecule has 1 aliphatic heterocycles. The molecule has 1 N–H and O–H groups in total. The second kappa shape index (κ2) is 7.72. The quantitative estimate of drug-likeness (QED) is 0.420. The van der Waals surface area contributed by atoms with Crippen LogP contribution in [0.25, 0.3) is 0 Å². The first-order chi connectivity index (χ1) is 12.8. The highest BCUT2D eigenvalue weighted by molar-refractivity contribution is 9.09. The van der Waals surface area contributed by atoms with Crippen LogP contribution in [-0.4, -0.2) is 67.6 Å². The van der Waals surface area contributed by atoms with Gasteiger partial charge in [0.05, 0.1) is 23.1 Å². The lowest BCUT2D eigenvalue weighted by atomic mass is 10.0. The number of alkyl halides is 4. The third-order valence-electron chi connectivity index (χ3n) is 4.16. The van der Waals surface area contributed by atoms with Gasteiger partial charge in [0.25, 0.3) is 5.91 Å². The van der Waals surface area contributed by atoms with Crippen LogP contribution in [0.4, 0.5) is 18.0 Å². The van der Waals surface area contributed by atoms with E-state index in [2.05, 4.69) is 26.1 Å². The molecule has 2 amide bonds. The maximum atomic E-state index is 13.0. The van der Waals surface area contributed by atoms with Crippen molar-refractivity contribution in [1.82, 2.24) is 19.7 Å². The molecule has 156 valence electrons. The molecule has 2 rings (SSSR count). The number of hydrazone groups is 1. The fourth-order valence-electron chi connectivity index (χ4n) is 2.78. The minimum atomic E-state index is -4.69. The van der Waals surface area contributed by atoms with Crippen LogP contribution in [0.15, 0.2) is 5.10 Å². The van der Waals surface area contributed by atoms with E-state index in [1.54, 1.807) is 20.8 Å². The van der Waals surface area contributed by atoms with Crippen molar-refractivity contribution in [1.29, 1.82) is 0 Å². The molecule has 0 spiro atoms. The van der Waals surface area contributed by atoms with Gasteiger partial charge in [-0.2, -0.15) is 23.4 Å². The van der Waals surface area contributed by atoms with E-state index >= 15 is 0 Å². The van der Waals surface area contributed by atoms with Crippen LogP contribution >= 0.6 is 15.9 Å². The minimum Gasteiger partial charge on any atom is -0.465 e. The van der Waals surface area contributed by atoms with E-state index in [9.17, 15) is 27.9 Å². The molecule has 0 unspecified atom stereocenters. The van der Waals surface area contributed by atoms with Gasteiger partial charge in [0, 0.05) is 25.6 Å². The van der Waals surface area contributed by atoms with Crippen molar-refractivity contribution in [2.45, 2.75) is 45.5 Å². The summed E-state index contributed by atoms with van der Waals surface area (Å²) in [5.41, 5.74) is -0.821. The molecule has 1 aromatic heterocycles. The van der Waals surface area contributed by atoms with Crippen molar-refractivity contribution < 1.29 is 27.9 Å². The van der Waals surface area contributed by atoms with Gasteiger partial charge in [0.15, 0.2) is 5.71 Å². The summed E-state index contributed by atoms with van der Waals surface area (Å²) in [6, 6.07) is 0. The molecule has 0 aliphatic carbocycles. The van der Waals surface area contributed by atoms with E-state index in [4.69, 9.17) is 0 Å². The lowest BCUT2D eigenvalue weighted by molar-refractivity contribution is -0.0599. The van der Waals surface area contributed by atoms with Crippen molar-refractivity contribution in [3.8, 4) is 0 Å². The van der Waals surface area contributed by atoms with Crippen LogP contribution in [0.5, 0.6) is 0 Å². The molecule has 8 nitrogen and oxygen atoms in total. The van der Waals surface area contributed by atoms with Gasteiger partial charge in [0.2, 0.25) is 0 Å². The zero-order valence-electron chi connectivity index (χ0n) is 15.8. The lowest BCUT2D eigenvalue weighted by Gasteiger charge is -2.26. The van der Waals surface area contributed by atoms with Crippen molar-refractivity contribution in [2.75, 3.05) is 18.9 Å². The summed E-state index contributed by atoms with van der Waals surface area (Å²) in [5, 5.41) is 17.1. The number of carbonyl (C=O) groups is 2. The van der Waals surface area contributed by atoms with Crippen LogP contribution in [0, 0.1) is 0 Å². The molecular formula is C16H21BrF3N5O3. The first-order valence-corrected chi connectivity index (χ1v) is 9.47. The maximum absolute atomic E-state index is 13.0. The third kappa shape index (κ3) is 4.47. The Morgan fingerprint density at radius 2 is 1.93 bits per heavy atom. The second-order valence-corrected chi connectivity index (χ2v) is 7.88. The number of carboxylic acid groups (broad SMARTS) is 1. The number of fused-ring (bicyclic) bond motifs is 1. The molecule has 0 atom stereocenters. The molecule has 1 aliphatic rings. The zero-order chi connectivity index (χ0) is 21.4. The molecule has 1 aromatic rings. The molecule has 0 aromatic carbocycles. The largest absolute Gasteiger partial charge is 0.465 e. The Kier molecular flexibility index (Phi) is 6.12. The van der Waals surface area contributed by atoms with E-state index in [1.807, 2.05) is 0 Å². The molecule has 0 bridgehead atoms. The SMILES string of the molecule is CN(/N=C(\CBr)C(F)(F)F)C(=O)c1c2c(nn1C(C)(C)C)CCN(C(=O)O)C2. The number of aromatic nitrogens is 2. The minimum absolute atomic E-state index is 0.0378. The van der Waals surface area contributed by atoms with Gasteiger partial charge in [-0.05, 0) is 20.8 Å². The van der Waals surface area contributed by atoms with E-state index in [-0.39, 0.29) is 18.8 Å². The molecule has 0 saturated carbocycles. The summed E-state index contributed by atoms with van der Waals surface area (Å²) < 4.78 is 40.4. The molecule has 2 heterocycles. The smallest absolute Gasteiger partial charge is 0.432 e. The number of hydrogen-bond acceptors (Lipinski definition) is 4. The van der Waals surface area contributed by atoms with Crippen LogP contribution < -0.4 is 0 Å². The van der Waals surface area contributed by atoms with Gasteiger partial charge < -0.3 is 10.0 Å². The Balaban J connectivity index is 2.54. The Hall–Kier alpha value is -2.11. The highest BCUT2D eigenvalue weighted by Crippen LogP contribution is 2.28. The average Bonchev–Trinajstić information content (AvgIpc) is 2.96. The first-order valence-electron chi connectivity index (χ1n) is 8.35. The summed E-state index contributed by atoms with van der Waals surface area (Å²) in [5.74, 6) is -0.793. The van der Waals surface area contributed by atoms with E-state index in [0.717, 1.165) is 11.9 Å². The number of nitrogens with zero attached hydrogens (tertiary/aromatic N) is 5. The molecule has 0 radical (unpaired) electrons. The van der Waals surface area contributed by atoms with Gasteiger partial charge in [0.1, 0.15) is 5.69 Å². The number of halogens is 4. The normalized spacial score (nSPS) is 15.4. The first kappa shape index (κ1) is 22.2. The molecular weight excluding hydrogens is 447 g/mol. The number of hydrogen-bond donors (Lipinski definition) is 1. The number of rotatable bonds is 3. The summed E-state index contributed by atoms with van der Waals surface area (Å²) in [6.07, 6.45) is -5.52. The van der Waals surface area contributed by atoms with Crippen molar-refractivity contribution >= 4 is 33.6 Å². The van der Waals surface area contributed by atoms with Gasteiger partial charge in [-0.25, -0.2) is 9.80 Å². The lowest BCUT2D eigenvalue weighted by Crippen LogP contribution is -2.37. The Labute approximate surface area is 168 Å². The number of carbonyl (C=O) groups excluding carboxylic acids is 1. The van der Waals surface area contributed by atoms with Crippen LogP contribution in [0.3, 0.4) is 0 Å². The predicted octanol–water partition coefficient (Wildman–Crippen LogP) is 3.06. The zero-order valence-corrected chi connectivity index (χ0v) is 17.4. The average molecular weight is 468 g/mol. The highest BCUT2D eigenvalue weighted by Gasteiger charge is 2.38. The Morgan fingerprint density at radius 1 is 1.32 bits per heavy atom. The van der Waals surface area contributed by atoms with E-state index in [0.29, 0.717) is 22.7 Å². The van der Waals surface area contributed by atoms with Crippen molar-refractivity contribution in [2.24, 2.45) is 5.10 Å². The van der Waals surface area contributed by atoms with Crippen molar-refractivity contribution in [3.05, 3.63) is 17.0 Å². The Bertz CT molecular complexity index is 814. The molecule has 0 fully saturated rings. The molecule has 12 heteroatoms.